The molecule has 0 saturated heterocycles. The van der Waals surface area contributed by atoms with Crippen molar-refractivity contribution in [2.45, 2.75) is 12.8 Å². The number of hydrogen-bond acceptors (Lipinski definition) is 2. The van der Waals surface area contributed by atoms with Crippen molar-refractivity contribution in [1.82, 2.24) is 0 Å². The van der Waals surface area contributed by atoms with Gasteiger partial charge < -0.3 is 10.8 Å². The Hall–Kier alpha value is -1.00. The average Bonchev–Trinajstić information content (AvgIpc) is 2.29. The van der Waals surface area contributed by atoms with Gasteiger partial charge in [-0.15, -0.1) is 0 Å². The lowest BCUT2D eigenvalue weighted by atomic mass is 9.80. The minimum absolute atomic E-state index is 0.119. The summed E-state index contributed by atoms with van der Waals surface area (Å²) in [6.45, 7) is 0.358. The molecule has 0 aromatic heterocycles. The largest absolute Gasteiger partial charge is 0.396 e. The highest BCUT2D eigenvalue weighted by molar-refractivity contribution is 5.22. The molecule has 1 aromatic carbocycles. The molecule has 0 aliphatic heterocycles. The van der Waals surface area contributed by atoms with E-state index < -0.39 is 17.9 Å². The van der Waals surface area contributed by atoms with E-state index in [1.807, 2.05) is 0 Å². The van der Waals surface area contributed by atoms with Crippen LogP contribution in [0.3, 0.4) is 0 Å². The maximum absolute atomic E-state index is 14.0. The van der Waals surface area contributed by atoms with Crippen molar-refractivity contribution in [1.29, 1.82) is 0 Å². The van der Waals surface area contributed by atoms with E-state index in [9.17, 15) is 8.78 Å². The summed E-state index contributed by atoms with van der Waals surface area (Å²) >= 11 is 0. The fourth-order valence-electron chi connectivity index (χ4n) is 1.29. The fraction of sp³-hybridized carbons (Fsp3) is 0.455. The Bertz CT molecular complexity index is 310. The topological polar surface area (TPSA) is 46.2 Å². The average molecular weight is 215 g/mol. The van der Waals surface area contributed by atoms with Gasteiger partial charge in [-0.25, -0.2) is 8.78 Å². The molecule has 84 valence electrons. The van der Waals surface area contributed by atoms with Gasteiger partial charge in [0.05, 0.1) is 12.0 Å². The zero-order valence-electron chi connectivity index (χ0n) is 8.58. The number of halogens is 2. The fourth-order valence-corrected chi connectivity index (χ4v) is 1.29. The van der Waals surface area contributed by atoms with E-state index in [-0.39, 0.29) is 12.1 Å². The Kier molecular flexibility index (Phi) is 3.42. The molecule has 0 radical (unpaired) electrons. The van der Waals surface area contributed by atoms with Crippen molar-refractivity contribution in [2.75, 3.05) is 13.2 Å². The van der Waals surface area contributed by atoms with Gasteiger partial charge in [0.15, 0.2) is 0 Å². The van der Waals surface area contributed by atoms with Gasteiger partial charge in [-0.05, 0) is 0 Å². The Morgan fingerprint density at radius 2 is 1.80 bits per heavy atom. The number of rotatable bonds is 4. The van der Waals surface area contributed by atoms with E-state index in [2.05, 4.69) is 0 Å². The third-order valence-electron chi connectivity index (χ3n) is 2.69. The lowest BCUT2D eigenvalue weighted by Crippen LogP contribution is -2.45. The molecule has 3 N–H and O–H groups in total. The van der Waals surface area contributed by atoms with E-state index in [1.165, 1.54) is 31.2 Å². The van der Waals surface area contributed by atoms with Gasteiger partial charge >= 0.3 is 0 Å². The van der Waals surface area contributed by atoms with E-state index in [4.69, 9.17) is 10.8 Å². The zero-order chi connectivity index (χ0) is 11.5. The molecule has 2 nitrogen and oxygen atoms in total. The van der Waals surface area contributed by atoms with Crippen molar-refractivity contribution < 1.29 is 13.9 Å². The summed E-state index contributed by atoms with van der Waals surface area (Å²) in [6, 6.07) is 7.42. The summed E-state index contributed by atoms with van der Waals surface area (Å²) in [5.74, 6) is -3.13. The van der Waals surface area contributed by atoms with Crippen LogP contribution >= 0.6 is 0 Å². The number of benzene rings is 1. The molecule has 0 saturated carbocycles. The highest BCUT2D eigenvalue weighted by Crippen LogP contribution is 2.43. The predicted molar refractivity (Wildman–Crippen MR) is 54.6 cm³/mol. The number of aliphatic hydroxyl groups is 1. The number of alkyl halides is 2. The molecule has 1 atom stereocenters. The normalized spacial score (nSPS) is 16.1. The Balaban J connectivity index is 3.12. The first-order valence-corrected chi connectivity index (χ1v) is 4.72. The first-order valence-electron chi connectivity index (χ1n) is 4.72. The van der Waals surface area contributed by atoms with Crippen LogP contribution in [0.5, 0.6) is 0 Å². The molecule has 0 amide bonds. The van der Waals surface area contributed by atoms with Crippen LogP contribution in [0.15, 0.2) is 30.3 Å². The van der Waals surface area contributed by atoms with Crippen molar-refractivity contribution >= 4 is 0 Å². The summed E-state index contributed by atoms with van der Waals surface area (Å²) in [7, 11) is 0. The second kappa shape index (κ2) is 4.24. The van der Waals surface area contributed by atoms with E-state index in [0.29, 0.717) is 0 Å². The van der Waals surface area contributed by atoms with Crippen LogP contribution in [0.1, 0.15) is 12.5 Å². The van der Waals surface area contributed by atoms with Gasteiger partial charge in [0.2, 0.25) is 0 Å². The third kappa shape index (κ3) is 2.01. The van der Waals surface area contributed by atoms with Gasteiger partial charge in [-0.3, -0.25) is 0 Å². The standard InChI is InChI=1S/C11H15F2NO/c1-10(7-14,8-15)11(12,13)9-5-3-2-4-6-9/h2-6,15H,7-8,14H2,1H3. The van der Waals surface area contributed by atoms with Gasteiger partial charge in [0.25, 0.3) is 5.92 Å². The van der Waals surface area contributed by atoms with Crippen LogP contribution in [0.2, 0.25) is 0 Å². The first-order chi connectivity index (χ1) is 6.98. The monoisotopic (exact) mass is 215 g/mol. The van der Waals surface area contributed by atoms with Crippen LogP contribution in [-0.2, 0) is 5.92 Å². The quantitative estimate of drug-likeness (QED) is 0.803. The summed E-state index contributed by atoms with van der Waals surface area (Å²) in [6.07, 6.45) is 0. The molecule has 0 heterocycles. The molecule has 15 heavy (non-hydrogen) atoms. The van der Waals surface area contributed by atoms with Crippen molar-refractivity contribution in [2.24, 2.45) is 11.1 Å². The maximum atomic E-state index is 14.0. The smallest absolute Gasteiger partial charge is 0.281 e. The summed E-state index contributed by atoms with van der Waals surface area (Å²) in [5.41, 5.74) is 3.57. The molecule has 1 aromatic rings. The Morgan fingerprint density at radius 1 is 1.27 bits per heavy atom. The minimum Gasteiger partial charge on any atom is -0.396 e. The lowest BCUT2D eigenvalue weighted by molar-refractivity contribution is -0.137. The molecule has 0 fully saturated rings. The Morgan fingerprint density at radius 3 is 2.20 bits per heavy atom. The molecular formula is C11H15F2NO. The maximum Gasteiger partial charge on any atom is 0.281 e. The van der Waals surface area contributed by atoms with E-state index in [0.717, 1.165) is 0 Å². The number of aliphatic hydroxyl groups excluding tert-OH is 1. The second-order valence-corrected chi connectivity index (χ2v) is 3.86. The molecule has 0 spiro atoms. The Labute approximate surface area is 87.7 Å². The highest BCUT2D eigenvalue weighted by Gasteiger charge is 2.50. The highest BCUT2D eigenvalue weighted by atomic mass is 19.3. The predicted octanol–water partition coefficient (Wildman–Crippen LogP) is 1.74. The summed E-state index contributed by atoms with van der Waals surface area (Å²) in [4.78, 5) is 0. The third-order valence-corrected chi connectivity index (χ3v) is 2.69. The number of nitrogens with two attached hydrogens (primary N) is 1. The molecule has 0 bridgehead atoms. The van der Waals surface area contributed by atoms with Crippen molar-refractivity contribution in [3.63, 3.8) is 0 Å². The summed E-state index contributed by atoms with van der Waals surface area (Å²) < 4.78 is 27.9. The lowest BCUT2D eigenvalue weighted by Gasteiger charge is -2.34. The number of hydrogen-bond donors (Lipinski definition) is 2. The molecule has 0 aliphatic carbocycles. The van der Waals surface area contributed by atoms with Crippen LogP contribution in [-0.4, -0.2) is 18.3 Å². The van der Waals surface area contributed by atoms with Crippen molar-refractivity contribution in [3.8, 4) is 0 Å². The molecule has 0 aliphatic rings. The SMILES string of the molecule is CC(CN)(CO)C(F)(F)c1ccccc1. The van der Waals surface area contributed by atoms with Gasteiger partial charge in [0, 0.05) is 12.1 Å². The molecule has 1 rings (SSSR count). The van der Waals surface area contributed by atoms with Crippen LogP contribution in [0.25, 0.3) is 0 Å². The van der Waals surface area contributed by atoms with Crippen molar-refractivity contribution in [3.05, 3.63) is 35.9 Å². The van der Waals surface area contributed by atoms with Gasteiger partial charge in [0.1, 0.15) is 0 Å². The van der Waals surface area contributed by atoms with Gasteiger partial charge in [-0.2, -0.15) is 0 Å². The zero-order valence-corrected chi connectivity index (χ0v) is 8.58. The molecular weight excluding hydrogens is 200 g/mol. The molecule has 4 heteroatoms. The van der Waals surface area contributed by atoms with E-state index >= 15 is 0 Å². The summed E-state index contributed by atoms with van der Waals surface area (Å²) in [5, 5.41) is 9.02. The molecule has 1 unspecified atom stereocenters. The van der Waals surface area contributed by atoms with Crippen LogP contribution < -0.4 is 5.73 Å². The second-order valence-electron chi connectivity index (χ2n) is 3.86. The van der Waals surface area contributed by atoms with Crippen LogP contribution in [0.4, 0.5) is 8.78 Å². The van der Waals surface area contributed by atoms with Crippen LogP contribution in [0, 0.1) is 5.41 Å². The first kappa shape index (κ1) is 12.1. The van der Waals surface area contributed by atoms with E-state index in [1.54, 1.807) is 6.07 Å². The minimum atomic E-state index is -3.13. The van der Waals surface area contributed by atoms with Gasteiger partial charge in [-0.1, -0.05) is 37.3 Å².